The van der Waals surface area contributed by atoms with Crippen LogP contribution in [0.25, 0.3) is 0 Å². The molecular weight excluding hydrogens is 238 g/mol. The molecule has 0 bridgehead atoms. The van der Waals surface area contributed by atoms with Crippen LogP contribution in [0.3, 0.4) is 0 Å². The summed E-state index contributed by atoms with van der Waals surface area (Å²) in [6, 6.07) is 7.72. The molecule has 1 fully saturated rings. The van der Waals surface area contributed by atoms with Crippen molar-refractivity contribution >= 4 is 0 Å². The highest BCUT2D eigenvalue weighted by atomic mass is 16.5. The van der Waals surface area contributed by atoms with Gasteiger partial charge in [0.15, 0.2) is 0 Å². The fraction of sp³-hybridized carbons (Fsp3) is 0.625. The van der Waals surface area contributed by atoms with Crippen molar-refractivity contribution in [1.82, 2.24) is 0 Å². The predicted octanol–water partition coefficient (Wildman–Crippen LogP) is 2.81. The van der Waals surface area contributed by atoms with Crippen LogP contribution < -0.4 is 10.5 Å². The minimum Gasteiger partial charge on any atom is -0.496 e. The lowest BCUT2D eigenvalue weighted by Crippen LogP contribution is -2.49. The summed E-state index contributed by atoms with van der Waals surface area (Å²) in [6.07, 6.45) is 5.48. The molecule has 1 unspecified atom stereocenters. The van der Waals surface area contributed by atoms with Gasteiger partial charge in [-0.1, -0.05) is 37.5 Å². The Morgan fingerprint density at radius 2 is 1.89 bits per heavy atom. The topological polar surface area (TPSA) is 55.5 Å². The summed E-state index contributed by atoms with van der Waals surface area (Å²) in [5.74, 6) is 0.742. The maximum absolute atomic E-state index is 11.2. The molecule has 1 aliphatic carbocycles. The smallest absolute Gasteiger partial charge is 0.124 e. The Labute approximate surface area is 115 Å². The number of benzene rings is 1. The van der Waals surface area contributed by atoms with Gasteiger partial charge in [0, 0.05) is 17.5 Å². The van der Waals surface area contributed by atoms with Gasteiger partial charge in [0.25, 0.3) is 0 Å². The van der Waals surface area contributed by atoms with Crippen LogP contribution >= 0.6 is 0 Å². The second-order valence-corrected chi connectivity index (χ2v) is 5.82. The first-order valence-corrected chi connectivity index (χ1v) is 7.13. The van der Waals surface area contributed by atoms with Crippen molar-refractivity contribution in [2.75, 3.05) is 13.7 Å². The lowest BCUT2D eigenvalue weighted by atomic mass is 9.61. The van der Waals surface area contributed by atoms with Crippen LogP contribution in [0.2, 0.25) is 0 Å². The summed E-state index contributed by atoms with van der Waals surface area (Å²) in [7, 11) is 1.64. The molecule has 1 aromatic rings. The highest BCUT2D eigenvalue weighted by Gasteiger charge is 2.48. The number of hydrogen-bond donors (Lipinski definition) is 2. The van der Waals surface area contributed by atoms with Crippen LogP contribution in [0, 0.1) is 5.41 Å². The highest BCUT2D eigenvalue weighted by molar-refractivity contribution is 5.39. The van der Waals surface area contributed by atoms with Crippen LogP contribution in [0.15, 0.2) is 24.3 Å². The summed E-state index contributed by atoms with van der Waals surface area (Å²) >= 11 is 0. The van der Waals surface area contributed by atoms with E-state index < -0.39 is 5.60 Å². The number of rotatable bonds is 4. The minimum absolute atomic E-state index is 0.236. The number of aliphatic hydroxyl groups is 1. The monoisotopic (exact) mass is 263 g/mol. The Morgan fingerprint density at radius 3 is 2.47 bits per heavy atom. The fourth-order valence-corrected chi connectivity index (χ4v) is 3.45. The van der Waals surface area contributed by atoms with E-state index in [1.54, 1.807) is 7.11 Å². The summed E-state index contributed by atoms with van der Waals surface area (Å²) in [5, 5.41) is 11.2. The highest BCUT2D eigenvalue weighted by Crippen LogP contribution is 2.50. The Balaban J connectivity index is 2.44. The van der Waals surface area contributed by atoms with E-state index in [1.165, 1.54) is 6.42 Å². The third-order valence-corrected chi connectivity index (χ3v) is 4.87. The van der Waals surface area contributed by atoms with E-state index >= 15 is 0 Å². The number of para-hydroxylation sites is 1. The SMILES string of the molecule is COc1ccccc1C(C)(O)C1(CN)CCCCC1. The summed E-state index contributed by atoms with van der Waals surface area (Å²) < 4.78 is 5.41. The average molecular weight is 263 g/mol. The molecule has 3 N–H and O–H groups in total. The molecule has 19 heavy (non-hydrogen) atoms. The normalized spacial score (nSPS) is 21.7. The molecule has 1 saturated carbocycles. The third-order valence-electron chi connectivity index (χ3n) is 4.87. The average Bonchev–Trinajstić information content (AvgIpc) is 2.47. The van der Waals surface area contributed by atoms with Gasteiger partial charge in [-0.15, -0.1) is 0 Å². The van der Waals surface area contributed by atoms with Gasteiger partial charge < -0.3 is 15.6 Å². The van der Waals surface area contributed by atoms with E-state index in [9.17, 15) is 5.11 Å². The van der Waals surface area contributed by atoms with Crippen LogP contribution in [-0.2, 0) is 5.60 Å². The molecule has 1 aliphatic rings. The van der Waals surface area contributed by atoms with Crippen molar-refractivity contribution in [3.8, 4) is 5.75 Å². The van der Waals surface area contributed by atoms with E-state index in [4.69, 9.17) is 10.5 Å². The van der Waals surface area contributed by atoms with E-state index in [-0.39, 0.29) is 5.41 Å². The van der Waals surface area contributed by atoms with Gasteiger partial charge in [0.1, 0.15) is 5.75 Å². The number of nitrogens with two attached hydrogens (primary N) is 1. The van der Waals surface area contributed by atoms with Gasteiger partial charge >= 0.3 is 0 Å². The number of ether oxygens (including phenoxy) is 1. The second kappa shape index (κ2) is 5.51. The van der Waals surface area contributed by atoms with Gasteiger partial charge in [-0.25, -0.2) is 0 Å². The molecule has 3 nitrogen and oxygen atoms in total. The molecule has 0 aliphatic heterocycles. The summed E-state index contributed by atoms with van der Waals surface area (Å²) in [5.41, 5.74) is 5.72. The zero-order valence-electron chi connectivity index (χ0n) is 12.0. The maximum Gasteiger partial charge on any atom is 0.124 e. The molecule has 3 heteroatoms. The largest absolute Gasteiger partial charge is 0.496 e. The summed E-state index contributed by atoms with van der Waals surface area (Å²) in [4.78, 5) is 0. The van der Waals surface area contributed by atoms with Crippen molar-refractivity contribution in [3.05, 3.63) is 29.8 Å². The van der Waals surface area contributed by atoms with Crippen LogP contribution in [0.4, 0.5) is 0 Å². The van der Waals surface area contributed by atoms with Crippen molar-refractivity contribution in [3.63, 3.8) is 0 Å². The maximum atomic E-state index is 11.2. The Bertz CT molecular complexity index is 423. The van der Waals surface area contributed by atoms with Gasteiger partial charge in [-0.3, -0.25) is 0 Å². The van der Waals surface area contributed by atoms with Crippen molar-refractivity contribution < 1.29 is 9.84 Å². The molecular formula is C16H25NO2. The first-order chi connectivity index (χ1) is 9.07. The van der Waals surface area contributed by atoms with Gasteiger partial charge in [-0.2, -0.15) is 0 Å². The minimum atomic E-state index is -0.950. The van der Waals surface area contributed by atoms with Crippen molar-refractivity contribution in [2.24, 2.45) is 11.1 Å². The first kappa shape index (κ1) is 14.4. The standard InChI is InChI=1S/C16H25NO2/c1-15(18,13-8-4-5-9-14(13)19-2)16(12-17)10-6-3-7-11-16/h4-5,8-9,18H,3,6-7,10-12,17H2,1-2H3. The van der Waals surface area contributed by atoms with Crippen LogP contribution in [-0.4, -0.2) is 18.8 Å². The molecule has 0 heterocycles. The van der Waals surface area contributed by atoms with E-state index in [2.05, 4.69) is 0 Å². The van der Waals surface area contributed by atoms with Crippen LogP contribution in [0.5, 0.6) is 5.75 Å². The summed E-state index contributed by atoms with van der Waals surface area (Å²) in [6.45, 7) is 2.40. The molecule has 1 atom stereocenters. The van der Waals surface area contributed by atoms with Crippen LogP contribution in [0.1, 0.15) is 44.6 Å². The third kappa shape index (κ3) is 2.37. The molecule has 106 valence electrons. The van der Waals surface area contributed by atoms with E-state index in [0.717, 1.165) is 37.0 Å². The Morgan fingerprint density at radius 1 is 1.26 bits per heavy atom. The molecule has 1 aromatic carbocycles. The quantitative estimate of drug-likeness (QED) is 0.878. The Hall–Kier alpha value is -1.06. The molecule has 0 aromatic heterocycles. The lowest BCUT2D eigenvalue weighted by molar-refractivity contribution is -0.0930. The van der Waals surface area contributed by atoms with Crippen molar-refractivity contribution in [2.45, 2.75) is 44.6 Å². The number of hydrogen-bond acceptors (Lipinski definition) is 3. The lowest BCUT2D eigenvalue weighted by Gasteiger charge is -2.48. The second-order valence-electron chi connectivity index (χ2n) is 5.82. The van der Waals surface area contributed by atoms with E-state index in [0.29, 0.717) is 6.54 Å². The van der Waals surface area contributed by atoms with Gasteiger partial charge in [0.05, 0.1) is 12.7 Å². The molecule has 0 saturated heterocycles. The van der Waals surface area contributed by atoms with Crippen molar-refractivity contribution in [1.29, 1.82) is 0 Å². The molecule has 0 radical (unpaired) electrons. The van der Waals surface area contributed by atoms with Gasteiger partial charge in [-0.05, 0) is 25.8 Å². The molecule has 0 spiro atoms. The number of methoxy groups -OCH3 is 1. The first-order valence-electron chi connectivity index (χ1n) is 7.13. The predicted molar refractivity (Wildman–Crippen MR) is 77.1 cm³/mol. The Kier molecular flexibility index (Phi) is 4.16. The zero-order valence-corrected chi connectivity index (χ0v) is 12.0. The fourth-order valence-electron chi connectivity index (χ4n) is 3.45. The van der Waals surface area contributed by atoms with E-state index in [1.807, 2.05) is 31.2 Å². The molecule has 2 rings (SSSR count). The zero-order chi connectivity index (χ0) is 13.9. The molecule has 0 amide bonds. The van der Waals surface area contributed by atoms with Gasteiger partial charge in [0.2, 0.25) is 0 Å².